The van der Waals surface area contributed by atoms with E-state index in [-0.39, 0.29) is 11.8 Å². The minimum atomic E-state index is -0.520. The number of amides is 1. The zero-order valence-electron chi connectivity index (χ0n) is 9.29. The topological polar surface area (TPSA) is 96.7 Å². The number of nitrogen functional groups attached to an aromatic ring is 1. The van der Waals surface area contributed by atoms with Gasteiger partial charge in [-0.15, -0.1) is 5.10 Å². The van der Waals surface area contributed by atoms with Crippen molar-refractivity contribution in [1.29, 1.82) is 0 Å². The summed E-state index contributed by atoms with van der Waals surface area (Å²) in [5.74, 6) is -0.545. The van der Waals surface area contributed by atoms with Crippen molar-refractivity contribution >= 4 is 40.7 Å². The molecule has 0 aliphatic rings. The molecule has 0 radical (unpaired) electrons. The Morgan fingerprint density at radius 3 is 2.78 bits per heavy atom. The van der Waals surface area contributed by atoms with Crippen molar-refractivity contribution in [3.05, 3.63) is 33.6 Å². The molecule has 0 fully saturated rings. The molecule has 0 atom stereocenters. The van der Waals surface area contributed by atoms with Crippen LogP contribution in [0.3, 0.4) is 0 Å². The van der Waals surface area contributed by atoms with Crippen molar-refractivity contribution in [3.8, 4) is 0 Å². The number of nitrogens with one attached hydrogen (secondary N) is 2. The van der Waals surface area contributed by atoms with Gasteiger partial charge in [0.25, 0.3) is 5.91 Å². The van der Waals surface area contributed by atoms with Gasteiger partial charge in [-0.2, -0.15) is 4.98 Å². The molecular weight excluding hydrogens is 277 g/mol. The van der Waals surface area contributed by atoms with Crippen LogP contribution < -0.4 is 11.1 Å². The maximum atomic E-state index is 11.8. The van der Waals surface area contributed by atoms with Gasteiger partial charge in [-0.3, -0.25) is 9.89 Å². The van der Waals surface area contributed by atoms with Crippen molar-refractivity contribution < 1.29 is 4.79 Å². The molecule has 8 heteroatoms. The lowest BCUT2D eigenvalue weighted by Crippen LogP contribution is -2.14. The first kappa shape index (κ1) is 12.7. The highest BCUT2D eigenvalue weighted by Gasteiger charge is 2.15. The summed E-state index contributed by atoms with van der Waals surface area (Å²) in [6, 6.07) is 3.40. The van der Waals surface area contributed by atoms with Gasteiger partial charge >= 0.3 is 0 Å². The molecule has 2 rings (SSSR count). The van der Waals surface area contributed by atoms with Crippen LogP contribution in [0.1, 0.15) is 16.2 Å². The SMILES string of the molecule is Cc1ccc(Cl)c(NC(=O)c2nc(N)n[nH]2)c1Cl. The lowest BCUT2D eigenvalue weighted by Gasteiger charge is -2.09. The van der Waals surface area contributed by atoms with E-state index in [0.717, 1.165) is 5.56 Å². The first-order valence-electron chi connectivity index (χ1n) is 4.93. The number of anilines is 2. The summed E-state index contributed by atoms with van der Waals surface area (Å²) < 4.78 is 0. The van der Waals surface area contributed by atoms with Crippen LogP contribution in [-0.2, 0) is 0 Å². The first-order chi connectivity index (χ1) is 8.49. The van der Waals surface area contributed by atoms with Crippen LogP contribution in [-0.4, -0.2) is 21.1 Å². The Bertz CT molecular complexity index is 610. The number of hydrogen-bond acceptors (Lipinski definition) is 4. The molecule has 4 N–H and O–H groups in total. The Hall–Kier alpha value is -1.79. The van der Waals surface area contributed by atoms with E-state index in [2.05, 4.69) is 20.5 Å². The van der Waals surface area contributed by atoms with Gasteiger partial charge in [0.15, 0.2) is 0 Å². The second-order valence-corrected chi connectivity index (χ2v) is 4.33. The standard InChI is InChI=1S/C10H9Cl2N5O/c1-4-2-3-5(11)7(6(4)12)14-9(18)8-15-10(13)17-16-8/h2-3H,1H3,(H,14,18)(H3,13,15,16,17). The fourth-order valence-electron chi connectivity index (χ4n) is 1.32. The molecule has 1 heterocycles. The number of aryl methyl sites for hydroxylation is 1. The lowest BCUT2D eigenvalue weighted by atomic mass is 10.2. The molecule has 0 saturated heterocycles. The molecule has 0 aliphatic carbocycles. The largest absolute Gasteiger partial charge is 0.366 e. The average Bonchev–Trinajstić information content (AvgIpc) is 2.76. The third-order valence-corrected chi connectivity index (χ3v) is 3.04. The normalized spacial score (nSPS) is 10.4. The molecule has 0 aliphatic heterocycles. The highest BCUT2D eigenvalue weighted by Crippen LogP contribution is 2.32. The number of halogens is 2. The second kappa shape index (κ2) is 4.83. The molecule has 1 aromatic carbocycles. The maximum absolute atomic E-state index is 11.8. The number of carbonyl (C=O) groups is 1. The van der Waals surface area contributed by atoms with E-state index in [1.807, 2.05) is 0 Å². The molecule has 94 valence electrons. The molecular formula is C10H9Cl2N5O. The average molecular weight is 286 g/mol. The van der Waals surface area contributed by atoms with Crippen LogP contribution in [0.15, 0.2) is 12.1 Å². The van der Waals surface area contributed by atoms with Gasteiger partial charge in [-0.25, -0.2) is 0 Å². The van der Waals surface area contributed by atoms with Gasteiger partial charge in [0.2, 0.25) is 11.8 Å². The molecule has 0 unspecified atom stereocenters. The van der Waals surface area contributed by atoms with Gasteiger partial charge in [0.05, 0.1) is 15.7 Å². The van der Waals surface area contributed by atoms with Crippen molar-refractivity contribution in [2.45, 2.75) is 6.92 Å². The Balaban J connectivity index is 2.30. The summed E-state index contributed by atoms with van der Waals surface area (Å²) >= 11 is 12.0. The van der Waals surface area contributed by atoms with E-state index in [0.29, 0.717) is 15.7 Å². The Kier molecular flexibility index (Phi) is 3.40. The second-order valence-electron chi connectivity index (χ2n) is 3.55. The predicted octanol–water partition coefficient (Wildman–Crippen LogP) is 2.25. The minimum absolute atomic E-state index is 0.0124. The number of aromatic nitrogens is 3. The van der Waals surface area contributed by atoms with E-state index < -0.39 is 5.91 Å². The number of rotatable bonds is 2. The molecule has 0 spiro atoms. The predicted molar refractivity (Wildman–Crippen MR) is 69.9 cm³/mol. The Labute approximate surface area is 112 Å². The lowest BCUT2D eigenvalue weighted by molar-refractivity contribution is 0.101. The fourth-order valence-corrected chi connectivity index (χ4v) is 1.79. The summed E-state index contributed by atoms with van der Waals surface area (Å²) in [6.45, 7) is 1.81. The number of nitrogens with two attached hydrogens (primary N) is 1. The maximum Gasteiger partial charge on any atom is 0.293 e. The monoisotopic (exact) mass is 285 g/mol. The van der Waals surface area contributed by atoms with Crippen molar-refractivity contribution in [1.82, 2.24) is 15.2 Å². The van der Waals surface area contributed by atoms with Crippen LogP contribution in [0.25, 0.3) is 0 Å². The smallest absolute Gasteiger partial charge is 0.293 e. The first-order valence-corrected chi connectivity index (χ1v) is 5.68. The number of H-pyrrole nitrogens is 1. The Morgan fingerprint density at radius 1 is 1.44 bits per heavy atom. The molecule has 6 nitrogen and oxygen atoms in total. The number of nitrogens with zero attached hydrogens (tertiary/aromatic N) is 2. The van der Waals surface area contributed by atoms with Gasteiger partial charge in [0.1, 0.15) is 0 Å². The fraction of sp³-hybridized carbons (Fsp3) is 0.100. The van der Waals surface area contributed by atoms with E-state index in [4.69, 9.17) is 28.9 Å². The molecule has 2 aromatic rings. The van der Waals surface area contributed by atoms with Crippen molar-refractivity contribution in [2.24, 2.45) is 0 Å². The summed E-state index contributed by atoms with van der Waals surface area (Å²) in [4.78, 5) is 15.5. The number of benzene rings is 1. The number of carbonyl (C=O) groups excluding carboxylic acids is 1. The summed E-state index contributed by atoms with van der Waals surface area (Å²) in [5.41, 5.74) is 6.44. The van der Waals surface area contributed by atoms with Crippen LogP contribution >= 0.6 is 23.2 Å². The highest BCUT2D eigenvalue weighted by atomic mass is 35.5. The van der Waals surface area contributed by atoms with Gasteiger partial charge in [-0.05, 0) is 18.6 Å². The number of hydrogen-bond donors (Lipinski definition) is 3. The quantitative estimate of drug-likeness (QED) is 0.788. The minimum Gasteiger partial charge on any atom is -0.366 e. The Morgan fingerprint density at radius 2 is 2.17 bits per heavy atom. The third kappa shape index (κ3) is 2.39. The summed E-state index contributed by atoms with van der Waals surface area (Å²) in [5, 5.41) is 9.23. The van der Waals surface area contributed by atoms with Crippen molar-refractivity contribution in [2.75, 3.05) is 11.1 Å². The highest BCUT2D eigenvalue weighted by molar-refractivity contribution is 6.40. The molecule has 1 amide bonds. The van der Waals surface area contributed by atoms with E-state index in [1.54, 1.807) is 19.1 Å². The molecule has 1 aromatic heterocycles. The van der Waals surface area contributed by atoms with Gasteiger partial charge in [-0.1, -0.05) is 29.3 Å². The van der Waals surface area contributed by atoms with E-state index in [1.165, 1.54) is 0 Å². The van der Waals surface area contributed by atoms with Gasteiger partial charge in [0, 0.05) is 0 Å². The zero-order chi connectivity index (χ0) is 13.3. The molecule has 0 bridgehead atoms. The van der Waals surface area contributed by atoms with E-state index in [9.17, 15) is 4.79 Å². The van der Waals surface area contributed by atoms with Crippen LogP contribution in [0, 0.1) is 6.92 Å². The van der Waals surface area contributed by atoms with Crippen molar-refractivity contribution in [3.63, 3.8) is 0 Å². The van der Waals surface area contributed by atoms with Gasteiger partial charge < -0.3 is 11.1 Å². The third-order valence-electron chi connectivity index (χ3n) is 2.24. The van der Waals surface area contributed by atoms with Crippen LogP contribution in [0.2, 0.25) is 10.0 Å². The van der Waals surface area contributed by atoms with Crippen LogP contribution in [0.4, 0.5) is 11.6 Å². The molecule has 0 saturated carbocycles. The summed E-state index contributed by atoms with van der Waals surface area (Å²) in [7, 11) is 0. The number of aromatic amines is 1. The van der Waals surface area contributed by atoms with E-state index >= 15 is 0 Å². The summed E-state index contributed by atoms with van der Waals surface area (Å²) in [6.07, 6.45) is 0. The molecule has 18 heavy (non-hydrogen) atoms. The van der Waals surface area contributed by atoms with Crippen LogP contribution in [0.5, 0.6) is 0 Å². The zero-order valence-corrected chi connectivity index (χ0v) is 10.8.